The maximum Gasteiger partial charge on any atom is 0.203 e. The molecule has 0 aliphatic rings. The zero-order valence-corrected chi connectivity index (χ0v) is 12.7. The molecule has 0 radical (unpaired) electrons. The van der Waals surface area contributed by atoms with Gasteiger partial charge in [-0.3, -0.25) is 4.79 Å². The molecule has 0 saturated heterocycles. The monoisotopic (exact) mass is 294 g/mol. The molecular formula is C18H18N2O2. The molecule has 2 rings (SSSR count). The van der Waals surface area contributed by atoms with Gasteiger partial charge < -0.3 is 9.32 Å². The van der Waals surface area contributed by atoms with E-state index >= 15 is 0 Å². The van der Waals surface area contributed by atoms with Crippen LogP contribution in [0.3, 0.4) is 0 Å². The quantitative estimate of drug-likeness (QED) is 0.460. The molecule has 1 heterocycles. The first-order valence-electron chi connectivity index (χ1n) is 7.25. The summed E-state index contributed by atoms with van der Waals surface area (Å²) < 4.78 is 5.69. The SMILES string of the molecule is CCN(CC)c1ccc(/C=C(\C#N)C(=O)c2ccccc2)o1. The van der Waals surface area contributed by atoms with E-state index in [1.165, 1.54) is 6.08 Å². The second-order valence-electron chi connectivity index (χ2n) is 4.71. The van der Waals surface area contributed by atoms with Crippen LogP contribution in [0, 0.1) is 11.3 Å². The van der Waals surface area contributed by atoms with Crippen LogP contribution in [-0.4, -0.2) is 18.9 Å². The van der Waals surface area contributed by atoms with E-state index in [0.717, 1.165) is 19.0 Å². The van der Waals surface area contributed by atoms with Gasteiger partial charge in [0.15, 0.2) is 5.88 Å². The topological polar surface area (TPSA) is 57.2 Å². The van der Waals surface area contributed by atoms with E-state index < -0.39 is 0 Å². The molecule has 0 spiro atoms. The number of nitriles is 1. The summed E-state index contributed by atoms with van der Waals surface area (Å²) >= 11 is 0. The molecule has 0 aliphatic carbocycles. The molecule has 2 aromatic rings. The Labute approximate surface area is 130 Å². The number of hydrogen-bond acceptors (Lipinski definition) is 4. The number of Topliss-reactive ketones (excluding diaryl/α,β-unsaturated/α-hetero) is 1. The van der Waals surface area contributed by atoms with E-state index in [1.54, 1.807) is 30.3 Å². The number of rotatable bonds is 6. The maximum atomic E-state index is 12.3. The lowest BCUT2D eigenvalue weighted by molar-refractivity contribution is 0.104. The molecule has 0 saturated carbocycles. The van der Waals surface area contributed by atoms with Crippen LogP contribution in [0.1, 0.15) is 30.0 Å². The van der Waals surface area contributed by atoms with Crippen LogP contribution >= 0.6 is 0 Å². The summed E-state index contributed by atoms with van der Waals surface area (Å²) in [6.45, 7) is 5.75. The Bertz CT molecular complexity index is 704. The van der Waals surface area contributed by atoms with Crippen LogP contribution in [0.2, 0.25) is 0 Å². The molecule has 0 fully saturated rings. The number of nitrogens with zero attached hydrogens (tertiary/aromatic N) is 2. The molecule has 0 bridgehead atoms. The van der Waals surface area contributed by atoms with Crippen LogP contribution in [-0.2, 0) is 0 Å². The predicted molar refractivity (Wildman–Crippen MR) is 86.6 cm³/mol. The van der Waals surface area contributed by atoms with Crippen molar-refractivity contribution in [2.45, 2.75) is 13.8 Å². The van der Waals surface area contributed by atoms with Gasteiger partial charge in [-0.1, -0.05) is 30.3 Å². The van der Waals surface area contributed by atoms with Gasteiger partial charge in [-0.05, 0) is 19.9 Å². The summed E-state index contributed by atoms with van der Waals surface area (Å²) in [4.78, 5) is 14.3. The summed E-state index contributed by atoms with van der Waals surface area (Å²) in [5.74, 6) is 0.937. The van der Waals surface area contributed by atoms with E-state index in [1.807, 2.05) is 32.0 Å². The number of carbonyl (C=O) groups is 1. The molecule has 0 amide bonds. The van der Waals surface area contributed by atoms with Gasteiger partial charge in [0.1, 0.15) is 17.4 Å². The minimum absolute atomic E-state index is 0.0617. The van der Waals surface area contributed by atoms with Crippen molar-refractivity contribution in [1.82, 2.24) is 0 Å². The van der Waals surface area contributed by atoms with Crippen molar-refractivity contribution in [3.63, 3.8) is 0 Å². The first kappa shape index (κ1) is 15.6. The van der Waals surface area contributed by atoms with Gasteiger partial charge in [-0.2, -0.15) is 5.26 Å². The number of allylic oxidation sites excluding steroid dienone is 1. The van der Waals surface area contributed by atoms with Gasteiger partial charge in [0.2, 0.25) is 5.78 Å². The second-order valence-corrected chi connectivity index (χ2v) is 4.71. The molecule has 112 valence electrons. The fraction of sp³-hybridized carbons (Fsp3) is 0.222. The molecule has 0 atom stereocenters. The Hall–Kier alpha value is -2.80. The van der Waals surface area contributed by atoms with E-state index in [2.05, 4.69) is 4.90 Å². The van der Waals surface area contributed by atoms with Gasteiger partial charge in [0.25, 0.3) is 0 Å². The minimum Gasteiger partial charge on any atom is -0.441 e. The standard InChI is InChI=1S/C18H18N2O2/c1-3-20(4-2)17-11-10-16(22-17)12-15(13-19)18(21)14-8-6-5-7-9-14/h5-12H,3-4H2,1-2H3/b15-12+. The number of furan rings is 1. The zero-order chi connectivity index (χ0) is 15.9. The van der Waals surface area contributed by atoms with Gasteiger partial charge in [0.05, 0.1) is 0 Å². The van der Waals surface area contributed by atoms with E-state index in [0.29, 0.717) is 11.3 Å². The first-order valence-corrected chi connectivity index (χ1v) is 7.25. The third-order valence-electron chi connectivity index (χ3n) is 3.38. The highest BCUT2D eigenvalue weighted by Crippen LogP contribution is 2.21. The lowest BCUT2D eigenvalue weighted by atomic mass is 10.0. The van der Waals surface area contributed by atoms with Gasteiger partial charge in [-0.25, -0.2) is 0 Å². The molecular weight excluding hydrogens is 276 g/mol. The highest BCUT2D eigenvalue weighted by molar-refractivity contribution is 6.13. The van der Waals surface area contributed by atoms with Crippen LogP contribution in [0.25, 0.3) is 6.08 Å². The number of hydrogen-bond donors (Lipinski definition) is 0. The van der Waals surface area contributed by atoms with Crippen molar-refractivity contribution in [2.24, 2.45) is 0 Å². The molecule has 1 aromatic heterocycles. The summed E-state index contributed by atoms with van der Waals surface area (Å²) in [6, 6.07) is 14.3. The summed E-state index contributed by atoms with van der Waals surface area (Å²) in [5, 5.41) is 9.24. The van der Waals surface area contributed by atoms with Crippen molar-refractivity contribution in [2.75, 3.05) is 18.0 Å². The van der Waals surface area contributed by atoms with Gasteiger partial charge in [-0.15, -0.1) is 0 Å². The van der Waals surface area contributed by atoms with Gasteiger partial charge in [0, 0.05) is 30.8 Å². The highest BCUT2D eigenvalue weighted by atomic mass is 16.4. The summed E-state index contributed by atoms with van der Waals surface area (Å²) in [7, 11) is 0. The second kappa shape index (κ2) is 7.28. The van der Waals surface area contributed by atoms with E-state index in [4.69, 9.17) is 4.42 Å². The average Bonchev–Trinajstić information content (AvgIpc) is 3.02. The Morgan fingerprint density at radius 2 is 1.86 bits per heavy atom. The number of carbonyl (C=O) groups excluding carboxylic acids is 1. The lowest BCUT2D eigenvalue weighted by Crippen LogP contribution is -2.20. The third-order valence-corrected chi connectivity index (χ3v) is 3.38. The molecule has 22 heavy (non-hydrogen) atoms. The van der Waals surface area contributed by atoms with Crippen molar-refractivity contribution in [3.8, 4) is 6.07 Å². The van der Waals surface area contributed by atoms with Crippen LogP contribution in [0.4, 0.5) is 5.88 Å². The lowest BCUT2D eigenvalue weighted by Gasteiger charge is -2.16. The Balaban J connectivity index is 2.27. The first-order chi connectivity index (χ1) is 10.7. The smallest absolute Gasteiger partial charge is 0.203 e. The van der Waals surface area contributed by atoms with Gasteiger partial charge >= 0.3 is 0 Å². The minimum atomic E-state index is -0.302. The molecule has 4 nitrogen and oxygen atoms in total. The maximum absolute atomic E-state index is 12.3. The molecule has 4 heteroatoms. The van der Waals surface area contributed by atoms with Crippen molar-refractivity contribution in [3.05, 3.63) is 59.4 Å². The predicted octanol–water partition coefficient (Wildman–Crippen LogP) is 3.92. The number of ketones is 1. The van der Waals surface area contributed by atoms with Crippen molar-refractivity contribution >= 4 is 17.7 Å². The average molecular weight is 294 g/mol. The normalized spacial score (nSPS) is 11.0. The highest BCUT2D eigenvalue weighted by Gasteiger charge is 2.13. The van der Waals surface area contributed by atoms with E-state index in [-0.39, 0.29) is 11.4 Å². The Kier molecular flexibility index (Phi) is 5.16. The van der Waals surface area contributed by atoms with Crippen molar-refractivity contribution in [1.29, 1.82) is 5.26 Å². The van der Waals surface area contributed by atoms with Crippen molar-refractivity contribution < 1.29 is 9.21 Å². The number of anilines is 1. The Morgan fingerprint density at radius 3 is 2.45 bits per heavy atom. The molecule has 0 unspecified atom stereocenters. The summed E-state index contributed by atoms with van der Waals surface area (Å²) in [5.41, 5.74) is 0.553. The van der Waals surface area contributed by atoms with E-state index in [9.17, 15) is 10.1 Å². The number of benzene rings is 1. The zero-order valence-electron chi connectivity index (χ0n) is 12.7. The largest absolute Gasteiger partial charge is 0.441 e. The molecule has 0 aliphatic heterocycles. The van der Waals surface area contributed by atoms with Crippen LogP contribution in [0.5, 0.6) is 0 Å². The molecule has 1 aromatic carbocycles. The van der Waals surface area contributed by atoms with Crippen LogP contribution in [0.15, 0.2) is 52.5 Å². The van der Waals surface area contributed by atoms with Crippen LogP contribution < -0.4 is 4.90 Å². The molecule has 0 N–H and O–H groups in total. The fourth-order valence-electron chi connectivity index (χ4n) is 2.16. The fourth-order valence-corrected chi connectivity index (χ4v) is 2.16. The summed E-state index contributed by atoms with van der Waals surface area (Å²) in [6.07, 6.45) is 1.49. The Morgan fingerprint density at radius 1 is 1.18 bits per heavy atom. The third kappa shape index (κ3) is 3.44.